The van der Waals surface area contributed by atoms with Crippen LogP contribution in [0.3, 0.4) is 0 Å². The van der Waals surface area contributed by atoms with Crippen molar-refractivity contribution in [1.82, 2.24) is 24.9 Å². The molecular weight excluding hydrogens is 807 g/mol. The second kappa shape index (κ2) is 42.4. The van der Waals surface area contributed by atoms with Crippen LogP contribution in [0.15, 0.2) is 0 Å². The van der Waals surface area contributed by atoms with Crippen molar-refractivity contribution in [1.29, 1.82) is 0 Å². The molecule has 0 bridgehead atoms. The van der Waals surface area contributed by atoms with Gasteiger partial charge in [0, 0.05) is 31.3 Å². The number of rotatable bonds is 28. The Labute approximate surface area is 422 Å². The molecule has 0 aliphatic rings. The Balaban J connectivity index is -0.000000236. The van der Waals surface area contributed by atoms with E-state index >= 15 is 0 Å². The van der Waals surface area contributed by atoms with E-state index in [1.54, 1.807) is 0 Å². The highest BCUT2D eigenvalue weighted by Gasteiger charge is 2.17. The lowest BCUT2D eigenvalue weighted by Crippen LogP contribution is -2.34. The minimum Gasteiger partial charge on any atom is -0.396 e. The van der Waals surface area contributed by atoms with E-state index in [4.69, 9.17) is 5.11 Å². The molecule has 6 heteroatoms. The van der Waals surface area contributed by atoms with Crippen LogP contribution in [0.4, 0.5) is 0 Å². The summed E-state index contributed by atoms with van der Waals surface area (Å²) in [6.07, 6.45) is 15.3. The third-order valence-corrected chi connectivity index (χ3v) is 11.8. The quantitative estimate of drug-likeness (QED) is 0.0762. The Morgan fingerprint density at radius 1 is 0.394 bits per heavy atom. The molecule has 66 heavy (non-hydrogen) atoms. The van der Waals surface area contributed by atoms with Crippen molar-refractivity contribution in [3.05, 3.63) is 0 Å². The Bertz CT molecular complexity index is 973. The molecule has 6 nitrogen and oxygen atoms in total. The van der Waals surface area contributed by atoms with Gasteiger partial charge in [0.25, 0.3) is 0 Å². The molecule has 0 aliphatic carbocycles. The van der Waals surface area contributed by atoms with Gasteiger partial charge in [-0.15, -0.1) is 0 Å². The van der Waals surface area contributed by atoms with Crippen molar-refractivity contribution in [3.63, 3.8) is 0 Å². The maximum Gasteiger partial charge on any atom is 0.0443 e. The summed E-state index contributed by atoms with van der Waals surface area (Å²) in [4.78, 5) is 10.2. The van der Waals surface area contributed by atoms with Gasteiger partial charge in [0.1, 0.15) is 0 Å². The lowest BCUT2D eigenvalue weighted by Gasteiger charge is -2.29. The van der Waals surface area contributed by atoms with Crippen LogP contribution in [0.1, 0.15) is 264 Å². The monoisotopic (exact) mass is 942 g/mol. The molecule has 2 N–H and O–H groups in total. The third-order valence-electron chi connectivity index (χ3n) is 11.8. The van der Waals surface area contributed by atoms with Gasteiger partial charge in [-0.25, -0.2) is 0 Å². The van der Waals surface area contributed by atoms with E-state index in [2.05, 4.69) is 212 Å². The Morgan fingerprint density at radius 3 is 1.05 bits per heavy atom. The largest absolute Gasteiger partial charge is 0.396 e. The first-order chi connectivity index (χ1) is 30.0. The molecule has 0 atom stereocenters. The van der Waals surface area contributed by atoms with E-state index in [9.17, 15) is 0 Å². The first-order valence-electron chi connectivity index (χ1n) is 28.3. The van der Waals surface area contributed by atoms with Crippen LogP contribution < -0.4 is 5.32 Å². The van der Waals surface area contributed by atoms with Gasteiger partial charge >= 0.3 is 0 Å². The number of unbranched alkanes of at least 4 members (excludes halogenated alkanes) is 3. The van der Waals surface area contributed by atoms with Gasteiger partial charge in [0.2, 0.25) is 0 Å². The Kier molecular flexibility index (Phi) is 48.0. The zero-order valence-corrected chi connectivity index (χ0v) is 51.5. The molecule has 0 saturated carbocycles. The van der Waals surface area contributed by atoms with E-state index in [-0.39, 0.29) is 0 Å². The maximum atomic E-state index is 8.71. The second-order valence-corrected chi connectivity index (χ2v) is 27.1. The molecule has 0 saturated heterocycles. The fourth-order valence-electron chi connectivity index (χ4n) is 6.60. The van der Waals surface area contributed by atoms with E-state index in [0.717, 1.165) is 45.1 Å². The second-order valence-electron chi connectivity index (χ2n) is 27.1. The summed E-state index contributed by atoms with van der Waals surface area (Å²) >= 11 is 0. The minimum atomic E-state index is 0.312. The molecule has 0 spiro atoms. The minimum absolute atomic E-state index is 0.312. The standard InChI is InChI=1S/C14H31N.C13H29N.C12H27N.C11H25NO.C10H23N/c1-7-8-9-11-15(13(2)3)12-10-14(4,5)6;1-7-8-10-14(12(2)3)11-9-13(4,5)6;1-7-9-13(11(2)3)10-8-12(4,5)6;1-5-12(8-6-10-13)9-7-11(2,3)4;1-9(2)6-7-11-8-10(3,4)5/h13H,7-12H2,1-6H3;12H,7-11H2,1-6H3;11H,7-10H2,1-6H3;13H,5-10H2,1-4H3;9,11H,6-8H2,1-5H3. The number of nitrogens with zero attached hydrogens (tertiary/aromatic N) is 4. The summed E-state index contributed by atoms with van der Waals surface area (Å²) in [6.45, 7) is 75.2. The lowest BCUT2D eigenvalue weighted by atomic mass is 9.92. The van der Waals surface area contributed by atoms with Gasteiger partial charge in [0.05, 0.1) is 0 Å². The first-order valence-corrected chi connectivity index (χ1v) is 28.3. The van der Waals surface area contributed by atoms with Crippen LogP contribution in [-0.4, -0.2) is 121 Å². The molecule has 0 radical (unpaired) electrons. The zero-order chi connectivity index (χ0) is 52.8. The van der Waals surface area contributed by atoms with Gasteiger partial charge in [-0.1, -0.05) is 165 Å². The molecule has 0 aromatic heterocycles. The van der Waals surface area contributed by atoms with Crippen LogP contribution in [0.2, 0.25) is 0 Å². The van der Waals surface area contributed by atoms with Crippen LogP contribution in [-0.2, 0) is 0 Å². The van der Waals surface area contributed by atoms with E-state index in [1.807, 2.05) is 0 Å². The first kappa shape index (κ1) is 74.7. The van der Waals surface area contributed by atoms with Gasteiger partial charge in [-0.2, -0.15) is 0 Å². The fourth-order valence-corrected chi connectivity index (χ4v) is 6.60. The predicted molar refractivity (Wildman–Crippen MR) is 307 cm³/mol. The summed E-state index contributed by atoms with van der Waals surface area (Å²) < 4.78 is 0. The number of hydrogen-bond acceptors (Lipinski definition) is 6. The van der Waals surface area contributed by atoms with Gasteiger partial charge in [-0.05, 0) is 198 Å². The SMILES string of the molecule is CC(C)CCNCC(C)(C)C.CCCCCN(CCC(C)(C)C)C(C)C.CCCCN(CCC(C)(C)C)C(C)C.CCCN(CCC(C)(C)C)C(C)C.CCN(CCCO)CCC(C)(C)C. The molecular formula is C60H135N5O. The fraction of sp³-hybridized carbons (Fsp3) is 1.00. The van der Waals surface area contributed by atoms with Crippen LogP contribution >= 0.6 is 0 Å². The van der Waals surface area contributed by atoms with Crippen LogP contribution in [0, 0.1) is 33.0 Å². The van der Waals surface area contributed by atoms with Crippen molar-refractivity contribution in [2.24, 2.45) is 33.0 Å². The highest BCUT2D eigenvalue weighted by Crippen LogP contribution is 2.22. The molecule has 0 unspecified atom stereocenters. The molecule has 0 amide bonds. The topological polar surface area (TPSA) is 45.2 Å². The summed E-state index contributed by atoms with van der Waals surface area (Å²) in [7, 11) is 0. The van der Waals surface area contributed by atoms with Crippen molar-refractivity contribution in [2.45, 2.75) is 282 Å². The van der Waals surface area contributed by atoms with Crippen LogP contribution in [0.5, 0.6) is 0 Å². The zero-order valence-electron chi connectivity index (χ0n) is 51.5. The average molecular weight is 943 g/mol. The lowest BCUT2D eigenvalue weighted by molar-refractivity contribution is 0.186. The molecule has 0 aliphatic heterocycles. The summed E-state index contributed by atoms with van der Waals surface area (Å²) in [6, 6.07) is 2.09. The molecule has 0 aromatic rings. The van der Waals surface area contributed by atoms with Crippen LogP contribution in [0.25, 0.3) is 0 Å². The normalized spacial score (nSPS) is 12.7. The highest BCUT2D eigenvalue weighted by atomic mass is 16.3. The van der Waals surface area contributed by atoms with E-state index in [0.29, 0.717) is 51.8 Å². The van der Waals surface area contributed by atoms with E-state index in [1.165, 1.54) is 110 Å². The highest BCUT2D eigenvalue weighted by molar-refractivity contribution is 4.72. The Hall–Kier alpha value is -0.240. The molecule has 406 valence electrons. The number of aliphatic hydroxyl groups is 1. The number of aliphatic hydroxyl groups excluding tert-OH is 1. The van der Waals surface area contributed by atoms with Crippen molar-refractivity contribution < 1.29 is 5.11 Å². The van der Waals surface area contributed by atoms with Gasteiger partial charge in [0.15, 0.2) is 0 Å². The summed E-state index contributed by atoms with van der Waals surface area (Å²) in [5.74, 6) is 0.822. The van der Waals surface area contributed by atoms with Crippen molar-refractivity contribution >= 4 is 0 Å². The maximum absolute atomic E-state index is 8.71. The number of hydrogen-bond donors (Lipinski definition) is 2. The molecule has 0 fully saturated rings. The van der Waals surface area contributed by atoms with E-state index < -0.39 is 0 Å². The number of nitrogens with one attached hydrogen (secondary N) is 1. The van der Waals surface area contributed by atoms with Crippen molar-refractivity contribution in [3.8, 4) is 0 Å². The summed E-state index contributed by atoms with van der Waals surface area (Å²) in [5.41, 5.74) is 2.27. The van der Waals surface area contributed by atoms with Crippen molar-refractivity contribution in [2.75, 3.05) is 78.6 Å². The average Bonchev–Trinajstić information content (AvgIpc) is 3.15. The molecule has 0 heterocycles. The molecule has 0 rings (SSSR count). The predicted octanol–water partition coefficient (Wildman–Crippen LogP) is 16.6. The molecule has 0 aromatic carbocycles. The van der Waals surface area contributed by atoms with Gasteiger partial charge < -0.3 is 30.0 Å². The Morgan fingerprint density at radius 2 is 0.758 bits per heavy atom. The van der Waals surface area contributed by atoms with Gasteiger partial charge in [-0.3, -0.25) is 0 Å². The smallest absolute Gasteiger partial charge is 0.0443 e. The summed E-state index contributed by atoms with van der Waals surface area (Å²) in [5, 5.41) is 12.2. The third kappa shape index (κ3) is 65.8.